The van der Waals surface area contributed by atoms with Crippen molar-refractivity contribution in [2.45, 2.75) is 63.6 Å². The number of benzene rings is 2. The van der Waals surface area contributed by atoms with Crippen molar-refractivity contribution in [3.8, 4) is 11.5 Å². The van der Waals surface area contributed by atoms with Crippen molar-refractivity contribution < 1.29 is 33.3 Å². The molecule has 0 radical (unpaired) electrons. The van der Waals surface area contributed by atoms with Crippen molar-refractivity contribution in [1.29, 1.82) is 0 Å². The van der Waals surface area contributed by atoms with Crippen LogP contribution in [0.25, 0.3) is 0 Å². The number of piperidine rings is 2. The van der Waals surface area contributed by atoms with Gasteiger partial charge < -0.3 is 39.0 Å². The zero-order chi connectivity index (χ0) is 33.0. The fourth-order valence-corrected chi connectivity index (χ4v) is 7.80. The van der Waals surface area contributed by atoms with E-state index in [1.807, 2.05) is 53.1 Å². The van der Waals surface area contributed by atoms with Crippen LogP contribution >= 0.6 is 0 Å². The molecule has 0 saturated carbocycles. The molecule has 12 heteroatoms. The molecule has 5 aliphatic heterocycles. The number of aryl methyl sites for hydroxylation is 1. The number of carbonyl (C=O) groups excluding carboxylic acids is 3. The number of amides is 4. The molecule has 0 unspecified atom stereocenters. The number of rotatable bonds is 6. The van der Waals surface area contributed by atoms with Crippen LogP contribution < -0.4 is 14.8 Å². The molecule has 48 heavy (non-hydrogen) atoms. The minimum atomic E-state index is -0.966. The number of hydrogen-bond acceptors (Lipinski definition) is 8. The van der Waals surface area contributed by atoms with Crippen molar-refractivity contribution in [3.05, 3.63) is 53.1 Å². The monoisotopic (exact) mass is 661 g/mol. The van der Waals surface area contributed by atoms with Gasteiger partial charge in [0, 0.05) is 70.0 Å². The number of urea groups is 1. The van der Waals surface area contributed by atoms with Gasteiger partial charge in [-0.3, -0.25) is 9.69 Å². The summed E-state index contributed by atoms with van der Waals surface area (Å²) >= 11 is 0. The Kier molecular flexibility index (Phi) is 9.90. The average Bonchev–Trinajstić information content (AvgIpc) is 3.29. The lowest BCUT2D eigenvalue weighted by Crippen LogP contribution is -2.53. The van der Waals surface area contributed by atoms with E-state index in [1.54, 1.807) is 4.90 Å². The Bertz CT molecular complexity index is 1480. The lowest BCUT2D eigenvalue weighted by Gasteiger charge is -2.41. The Morgan fingerprint density at radius 1 is 0.875 bits per heavy atom. The number of nitrogens with one attached hydrogen (secondary N) is 1. The molecule has 2 aromatic carbocycles. The highest BCUT2D eigenvalue weighted by atomic mass is 16.6. The van der Waals surface area contributed by atoms with Crippen LogP contribution in [0.15, 0.2) is 36.4 Å². The van der Waals surface area contributed by atoms with Gasteiger partial charge in [-0.2, -0.15) is 0 Å². The predicted molar refractivity (Wildman–Crippen MR) is 179 cm³/mol. The quantitative estimate of drug-likeness (QED) is 0.499. The Labute approximate surface area is 282 Å². The van der Waals surface area contributed by atoms with Gasteiger partial charge in [0.1, 0.15) is 13.2 Å². The third-order valence-electron chi connectivity index (χ3n) is 10.5. The Morgan fingerprint density at radius 3 is 2.38 bits per heavy atom. The van der Waals surface area contributed by atoms with E-state index < -0.39 is 12.2 Å². The number of carbonyl (C=O) groups is 3. The lowest BCUT2D eigenvalue weighted by atomic mass is 9.99. The number of morpholine rings is 1. The van der Waals surface area contributed by atoms with Crippen molar-refractivity contribution >= 4 is 23.7 Å². The second kappa shape index (κ2) is 14.6. The molecule has 1 N–H and O–H groups in total. The van der Waals surface area contributed by atoms with Gasteiger partial charge in [0.15, 0.2) is 17.6 Å². The van der Waals surface area contributed by atoms with Crippen LogP contribution in [-0.4, -0.2) is 128 Å². The van der Waals surface area contributed by atoms with E-state index in [2.05, 4.69) is 10.2 Å². The van der Waals surface area contributed by atoms with Gasteiger partial charge in [0.2, 0.25) is 0 Å². The van der Waals surface area contributed by atoms with E-state index in [4.69, 9.17) is 18.9 Å². The van der Waals surface area contributed by atoms with E-state index in [1.165, 1.54) is 0 Å². The molecular formula is C36H47N5O7. The molecule has 7 rings (SSSR count). The van der Waals surface area contributed by atoms with Crippen LogP contribution in [-0.2, 0) is 27.1 Å². The predicted octanol–water partition coefficient (Wildman–Crippen LogP) is 3.69. The van der Waals surface area contributed by atoms with Crippen LogP contribution in [0.5, 0.6) is 11.5 Å². The van der Waals surface area contributed by atoms with Gasteiger partial charge in [-0.25, -0.2) is 9.59 Å². The maximum atomic E-state index is 14.1. The topological polar surface area (TPSA) is 113 Å². The van der Waals surface area contributed by atoms with Crippen molar-refractivity contribution in [2.24, 2.45) is 0 Å². The largest absolute Gasteiger partial charge is 0.486 e. The molecule has 4 amide bonds. The highest BCUT2D eigenvalue weighted by molar-refractivity contribution is 5.91. The minimum Gasteiger partial charge on any atom is -0.486 e. The number of fused-ring (bicyclic) bond motifs is 2. The molecule has 12 nitrogen and oxygen atoms in total. The van der Waals surface area contributed by atoms with E-state index >= 15 is 0 Å². The fraction of sp³-hybridized carbons (Fsp3) is 0.583. The van der Waals surface area contributed by atoms with E-state index in [-0.39, 0.29) is 24.4 Å². The van der Waals surface area contributed by atoms with Crippen LogP contribution in [0.1, 0.15) is 42.4 Å². The highest BCUT2D eigenvalue weighted by Gasteiger charge is 2.36. The van der Waals surface area contributed by atoms with Crippen molar-refractivity contribution in [1.82, 2.24) is 19.6 Å². The second-order valence-electron chi connectivity index (χ2n) is 13.5. The van der Waals surface area contributed by atoms with Crippen LogP contribution in [0.4, 0.5) is 15.3 Å². The first kappa shape index (κ1) is 32.5. The lowest BCUT2D eigenvalue weighted by molar-refractivity contribution is -0.142. The third-order valence-corrected chi connectivity index (χ3v) is 10.5. The van der Waals surface area contributed by atoms with E-state index in [0.29, 0.717) is 70.6 Å². The summed E-state index contributed by atoms with van der Waals surface area (Å²) in [5, 5.41) is 3.06. The van der Waals surface area contributed by atoms with Gasteiger partial charge in [0.05, 0.1) is 13.2 Å². The summed E-state index contributed by atoms with van der Waals surface area (Å²) in [6.07, 6.45) is 2.64. The summed E-state index contributed by atoms with van der Waals surface area (Å²) in [6.45, 7) is 9.08. The number of anilines is 1. The number of para-hydroxylation sites is 1. The summed E-state index contributed by atoms with van der Waals surface area (Å²) in [5.41, 5.74) is 3.77. The summed E-state index contributed by atoms with van der Waals surface area (Å²) in [4.78, 5) is 48.8. The number of hydrogen-bond donors (Lipinski definition) is 1. The maximum absolute atomic E-state index is 14.1. The van der Waals surface area contributed by atoms with E-state index in [0.717, 1.165) is 73.7 Å². The van der Waals surface area contributed by atoms with Gasteiger partial charge in [-0.05, 0) is 67.9 Å². The summed E-state index contributed by atoms with van der Waals surface area (Å²) in [6, 6.07) is 12.2. The first-order valence-electron chi connectivity index (χ1n) is 17.5. The van der Waals surface area contributed by atoms with E-state index in [9.17, 15) is 14.4 Å². The number of ether oxygens (including phenoxy) is 4. The van der Waals surface area contributed by atoms with Crippen LogP contribution in [0, 0.1) is 6.92 Å². The van der Waals surface area contributed by atoms with Gasteiger partial charge in [-0.15, -0.1) is 0 Å². The zero-order valence-electron chi connectivity index (χ0n) is 27.9. The molecular weight excluding hydrogens is 614 g/mol. The molecule has 3 fully saturated rings. The molecule has 1 atom stereocenters. The Hall–Kier alpha value is -4.03. The molecule has 3 saturated heterocycles. The highest BCUT2D eigenvalue weighted by Crippen LogP contribution is 2.35. The maximum Gasteiger partial charge on any atom is 0.410 e. The molecule has 258 valence electrons. The molecule has 0 bridgehead atoms. The second-order valence-corrected chi connectivity index (χ2v) is 13.5. The van der Waals surface area contributed by atoms with Crippen LogP contribution in [0.3, 0.4) is 0 Å². The molecule has 5 heterocycles. The number of nitrogens with zero attached hydrogens (tertiary/aromatic N) is 4. The summed E-state index contributed by atoms with van der Waals surface area (Å²) < 4.78 is 23.3. The Balaban J connectivity index is 1.00. The van der Waals surface area contributed by atoms with Gasteiger partial charge in [0.25, 0.3) is 5.91 Å². The fourth-order valence-electron chi connectivity index (χ4n) is 7.80. The normalized spacial score (nSPS) is 21.6. The summed E-state index contributed by atoms with van der Waals surface area (Å²) in [5.74, 6) is 1.22. The first-order chi connectivity index (χ1) is 23.4. The first-order valence-corrected chi connectivity index (χ1v) is 17.5. The standard InChI is InChI=1S/C36H47N5O7/c1-25-22-26(23-31-33(25)47-21-20-46-31)24-32(34(42)39-11-7-28(8-12-39)38-16-18-45-19-17-38)48-36(44)40-13-9-29(10-14-40)41-15-6-27-4-2-3-5-30(27)37-35(41)43/h2-5,22-23,28-29,32H,6-21,24H2,1H3,(H,37,43)/t32-/m1/s1. The molecule has 5 aliphatic rings. The molecule has 2 aromatic rings. The number of likely N-dealkylation sites (tertiary alicyclic amines) is 2. The molecule has 0 spiro atoms. The van der Waals surface area contributed by atoms with Gasteiger partial charge >= 0.3 is 12.1 Å². The van der Waals surface area contributed by atoms with Crippen molar-refractivity contribution in [3.63, 3.8) is 0 Å². The Morgan fingerprint density at radius 2 is 1.58 bits per heavy atom. The smallest absolute Gasteiger partial charge is 0.410 e. The SMILES string of the molecule is Cc1cc(C[C@@H](OC(=O)N2CCC(N3CCc4ccccc4NC3=O)CC2)C(=O)N2CCC(N3CCOCC3)CC2)cc2c1OCCO2. The van der Waals surface area contributed by atoms with Crippen molar-refractivity contribution in [2.75, 3.05) is 77.6 Å². The zero-order valence-corrected chi connectivity index (χ0v) is 27.9. The molecule has 0 aromatic heterocycles. The summed E-state index contributed by atoms with van der Waals surface area (Å²) in [7, 11) is 0. The minimum absolute atomic E-state index is 0.0224. The van der Waals surface area contributed by atoms with Gasteiger partial charge in [-0.1, -0.05) is 24.3 Å². The van der Waals surface area contributed by atoms with Crippen LogP contribution in [0.2, 0.25) is 0 Å². The average molecular weight is 662 g/mol. The molecule has 0 aliphatic carbocycles. The third kappa shape index (κ3) is 7.19.